The lowest BCUT2D eigenvalue weighted by Crippen LogP contribution is -2.02. The summed E-state index contributed by atoms with van der Waals surface area (Å²) in [6, 6.07) is 11.9. The van der Waals surface area contributed by atoms with Gasteiger partial charge >= 0.3 is 5.97 Å². The first-order chi connectivity index (χ1) is 7.76. The molecule has 0 atom stereocenters. The zero-order valence-corrected chi connectivity index (χ0v) is 9.49. The standard InChI is InChI=1S/C14H14O2/c1-3-10-8-12(14(15)16-2)9-11-6-4-5-7-13(10)11/h4-9H,3H2,1-2H3. The van der Waals surface area contributed by atoms with Crippen LogP contribution < -0.4 is 0 Å². The second-order valence-corrected chi connectivity index (χ2v) is 3.70. The van der Waals surface area contributed by atoms with E-state index in [0.717, 1.165) is 11.8 Å². The summed E-state index contributed by atoms with van der Waals surface area (Å²) in [7, 11) is 1.41. The van der Waals surface area contributed by atoms with Crippen LogP contribution in [0.2, 0.25) is 0 Å². The van der Waals surface area contributed by atoms with E-state index in [2.05, 4.69) is 13.0 Å². The van der Waals surface area contributed by atoms with E-state index in [4.69, 9.17) is 4.74 Å². The van der Waals surface area contributed by atoms with Crippen molar-refractivity contribution in [3.63, 3.8) is 0 Å². The van der Waals surface area contributed by atoms with Gasteiger partial charge in [-0.25, -0.2) is 4.79 Å². The highest BCUT2D eigenvalue weighted by Crippen LogP contribution is 2.22. The number of carbonyl (C=O) groups is 1. The Morgan fingerprint density at radius 1 is 1.25 bits per heavy atom. The summed E-state index contributed by atoms with van der Waals surface area (Å²) in [4.78, 5) is 11.5. The van der Waals surface area contributed by atoms with Crippen LogP contribution in [0, 0.1) is 0 Å². The van der Waals surface area contributed by atoms with Crippen LogP contribution in [0.1, 0.15) is 22.8 Å². The van der Waals surface area contributed by atoms with E-state index in [1.54, 1.807) is 0 Å². The van der Waals surface area contributed by atoms with Crippen LogP contribution in [0.5, 0.6) is 0 Å². The van der Waals surface area contributed by atoms with Crippen molar-refractivity contribution >= 4 is 16.7 Å². The van der Waals surface area contributed by atoms with Gasteiger partial charge in [-0.15, -0.1) is 0 Å². The van der Waals surface area contributed by atoms with E-state index in [1.165, 1.54) is 18.1 Å². The molecular weight excluding hydrogens is 200 g/mol. The van der Waals surface area contributed by atoms with Gasteiger partial charge in [0.1, 0.15) is 0 Å². The summed E-state index contributed by atoms with van der Waals surface area (Å²) in [6.07, 6.45) is 0.908. The van der Waals surface area contributed by atoms with Gasteiger partial charge in [0.25, 0.3) is 0 Å². The average Bonchev–Trinajstić information content (AvgIpc) is 2.36. The molecule has 0 aliphatic carbocycles. The van der Waals surface area contributed by atoms with Gasteiger partial charge < -0.3 is 4.74 Å². The Kier molecular flexibility index (Phi) is 2.91. The topological polar surface area (TPSA) is 26.3 Å². The summed E-state index contributed by atoms with van der Waals surface area (Å²) in [5.74, 6) is -0.277. The van der Waals surface area contributed by atoms with Gasteiger partial charge in [0.2, 0.25) is 0 Å². The Labute approximate surface area is 94.8 Å². The lowest BCUT2D eigenvalue weighted by molar-refractivity contribution is 0.0601. The molecule has 0 saturated carbocycles. The summed E-state index contributed by atoms with van der Waals surface area (Å²) in [5.41, 5.74) is 1.80. The van der Waals surface area contributed by atoms with Crippen molar-refractivity contribution < 1.29 is 9.53 Å². The molecule has 2 aromatic carbocycles. The van der Waals surface area contributed by atoms with E-state index >= 15 is 0 Å². The molecule has 0 radical (unpaired) electrons. The van der Waals surface area contributed by atoms with Crippen LogP contribution in [-0.4, -0.2) is 13.1 Å². The normalized spacial score (nSPS) is 10.4. The predicted molar refractivity (Wildman–Crippen MR) is 64.7 cm³/mol. The van der Waals surface area contributed by atoms with E-state index in [-0.39, 0.29) is 5.97 Å². The molecule has 2 aromatic rings. The van der Waals surface area contributed by atoms with E-state index < -0.39 is 0 Å². The van der Waals surface area contributed by atoms with Gasteiger partial charge in [-0.1, -0.05) is 31.2 Å². The third-order valence-electron chi connectivity index (χ3n) is 2.75. The van der Waals surface area contributed by atoms with Crippen LogP contribution in [0.3, 0.4) is 0 Å². The molecule has 82 valence electrons. The molecule has 16 heavy (non-hydrogen) atoms. The minimum atomic E-state index is -0.277. The van der Waals surface area contributed by atoms with Crippen molar-refractivity contribution in [2.24, 2.45) is 0 Å². The molecule has 0 N–H and O–H groups in total. The van der Waals surface area contributed by atoms with Gasteiger partial charge in [-0.3, -0.25) is 0 Å². The largest absolute Gasteiger partial charge is 0.465 e. The molecular formula is C14H14O2. The number of benzene rings is 2. The molecule has 0 fully saturated rings. The van der Waals surface area contributed by atoms with Crippen molar-refractivity contribution in [1.29, 1.82) is 0 Å². The molecule has 0 unspecified atom stereocenters. The van der Waals surface area contributed by atoms with Crippen molar-refractivity contribution in [1.82, 2.24) is 0 Å². The molecule has 0 spiro atoms. The number of fused-ring (bicyclic) bond motifs is 1. The van der Waals surface area contributed by atoms with E-state index in [1.807, 2.05) is 30.3 Å². The lowest BCUT2D eigenvalue weighted by atomic mass is 9.99. The Bertz CT molecular complexity index is 529. The molecule has 0 aromatic heterocycles. The second-order valence-electron chi connectivity index (χ2n) is 3.70. The number of hydrogen-bond acceptors (Lipinski definition) is 2. The first-order valence-electron chi connectivity index (χ1n) is 5.36. The molecule has 0 bridgehead atoms. The zero-order chi connectivity index (χ0) is 11.5. The summed E-state index contributed by atoms with van der Waals surface area (Å²) >= 11 is 0. The number of ether oxygens (including phenoxy) is 1. The fourth-order valence-corrected chi connectivity index (χ4v) is 1.92. The van der Waals surface area contributed by atoms with Crippen molar-refractivity contribution in [2.45, 2.75) is 13.3 Å². The Balaban J connectivity index is 2.68. The summed E-state index contributed by atoms with van der Waals surface area (Å²) in [6.45, 7) is 2.09. The predicted octanol–water partition coefficient (Wildman–Crippen LogP) is 3.19. The van der Waals surface area contributed by atoms with Crippen molar-refractivity contribution in [3.8, 4) is 0 Å². The van der Waals surface area contributed by atoms with Crippen LogP contribution in [0.25, 0.3) is 10.8 Å². The van der Waals surface area contributed by atoms with Crippen molar-refractivity contribution in [3.05, 3.63) is 47.5 Å². The van der Waals surface area contributed by atoms with Crippen molar-refractivity contribution in [2.75, 3.05) is 7.11 Å². The Morgan fingerprint density at radius 2 is 2.00 bits per heavy atom. The average molecular weight is 214 g/mol. The Hall–Kier alpha value is -1.83. The maximum atomic E-state index is 11.5. The Morgan fingerprint density at radius 3 is 2.69 bits per heavy atom. The van der Waals surface area contributed by atoms with E-state index in [0.29, 0.717) is 5.56 Å². The first-order valence-corrected chi connectivity index (χ1v) is 5.36. The quantitative estimate of drug-likeness (QED) is 0.718. The fourth-order valence-electron chi connectivity index (χ4n) is 1.92. The van der Waals surface area contributed by atoms with Gasteiger partial charge in [0, 0.05) is 0 Å². The molecule has 0 aliphatic rings. The minimum absolute atomic E-state index is 0.277. The van der Waals surface area contributed by atoms with Gasteiger partial charge in [0.05, 0.1) is 12.7 Å². The first kappa shape index (κ1) is 10.7. The SMILES string of the molecule is CCc1cc(C(=O)OC)cc2ccccc12. The molecule has 2 heteroatoms. The monoisotopic (exact) mass is 214 g/mol. The number of aryl methyl sites for hydroxylation is 1. The highest BCUT2D eigenvalue weighted by molar-refractivity contribution is 5.96. The summed E-state index contributed by atoms with van der Waals surface area (Å²) in [5, 5.41) is 2.29. The number of hydrogen-bond donors (Lipinski definition) is 0. The van der Waals surface area contributed by atoms with E-state index in [9.17, 15) is 4.79 Å². The maximum Gasteiger partial charge on any atom is 0.337 e. The van der Waals surface area contributed by atoms with Crippen LogP contribution >= 0.6 is 0 Å². The number of rotatable bonds is 2. The fraction of sp³-hybridized carbons (Fsp3) is 0.214. The summed E-state index contributed by atoms with van der Waals surface area (Å²) < 4.78 is 4.75. The molecule has 0 amide bonds. The number of methoxy groups -OCH3 is 1. The molecule has 0 heterocycles. The highest BCUT2D eigenvalue weighted by atomic mass is 16.5. The van der Waals surface area contributed by atoms with Gasteiger partial charge in [-0.2, -0.15) is 0 Å². The van der Waals surface area contributed by atoms with Crippen LogP contribution in [-0.2, 0) is 11.2 Å². The molecule has 2 nitrogen and oxygen atoms in total. The smallest absolute Gasteiger partial charge is 0.337 e. The zero-order valence-electron chi connectivity index (χ0n) is 9.49. The molecule has 0 aliphatic heterocycles. The number of esters is 1. The second kappa shape index (κ2) is 4.35. The maximum absolute atomic E-state index is 11.5. The molecule has 2 rings (SSSR count). The lowest BCUT2D eigenvalue weighted by Gasteiger charge is -2.07. The molecule has 0 saturated heterocycles. The van der Waals surface area contributed by atoms with Crippen LogP contribution in [0.4, 0.5) is 0 Å². The highest BCUT2D eigenvalue weighted by Gasteiger charge is 2.08. The third-order valence-corrected chi connectivity index (χ3v) is 2.75. The number of carbonyl (C=O) groups excluding carboxylic acids is 1. The third kappa shape index (κ3) is 1.78. The van der Waals surface area contributed by atoms with Gasteiger partial charge in [-0.05, 0) is 34.9 Å². The minimum Gasteiger partial charge on any atom is -0.465 e. The van der Waals surface area contributed by atoms with Crippen LogP contribution in [0.15, 0.2) is 36.4 Å². The van der Waals surface area contributed by atoms with Gasteiger partial charge in [0.15, 0.2) is 0 Å².